The van der Waals surface area contributed by atoms with Gasteiger partial charge in [0.2, 0.25) is 11.8 Å². The van der Waals surface area contributed by atoms with Crippen molar-refractivity contribution >= 4 is 40.3 Å². The Balaban J connectivity index is 1.19. The third-order valence-corrected chi connectivity index (χ3v) is 9.30. The number of fused-ring (bicyclic) bond motifs is 1. The number of halogens is 1. The van der Waals surface area contributed by atoms with Crippen LogP contribution in [0.2, 0.25) is 5.02 Å². The molecule has 2 N–H and O–H groups in total. The summed E-state index contributed by atoms with van der Waals surface area (Å²) in [5, 5.41) is 13.5. The lowest BCUT2D eigenvalue weighted by atomic mass is 9.86. The molecule has 1 atom stereocenters. The Labute approximate surface area is 276 Å². The summed E-state index contributed by atoms with van der Waals surface area (Å²) in [6, 6.07) is 18.0. The molecule has 244 valence electrons. The van der Waals surface area contributed by atoms with Crippen molar-refractivity contribution in [3.05, 3.63) is 104 Å². The van der Waals surface area contributed by atoms with E-state index < -0.39 is 17.4 Å². The largest absolute Gasteiger partial charge is 0.504 e. The van der Waals surface area contributed by atoms with Crippen molar-refractivity contribution in [2.75, 3.05) is 26.7 Å². The maximum atomic E-state index is 14.0. The number of piperidine rings is 1. The van der Waals surface area contributed by atoms with Gasteiger partial charge in [0.25, 0.3) is 5.91 Å². The lowest BCUT2D eigenvalue weighted by Gasteiger charge is -2.35. The number of ether oxygens (including phenoxy) is 1. The fourth-order valence-corrected chi connectivity index (χ4v) is 6.64. The van der Waals surface area contributed by atoms with Crippen molar-refractivity contribution < 1.29 is 28.6 Å². The number of likely N-dealkylation sites (tertiary alicyclic amines) is 2. The molecule has 2 aliphatic heterocycles. The van der Waals surface area contributed by atoms with Crippen molar-refractivity contribution in [2.24, 2.45) is 0 Å². The van der Waals surface area contributed by atoms with Gasteiger partial charge in [0.1, 0.15) is 11.6 Å². The molecule has 1 aromatic heterocycles. The van der Waals surface area contributed by atoms with Crippen LogP contribution in [-0.2, 0) is 22.6 Å². The minimum atomic E-state index is -0.941. The molecular formula is C36H36ClN3O7. The summed E-state index contributed by atoms with van der Waals surface area (Å²) < 4.78 is 10.9. The second-order valence-electron chi connectivity index (χ2n) is 12.1. The molecule has 10 nitrogen and oxygen atoms in total. The van der Waals surface area contributed by atoms with Crippen molar-refractivity contribution in [3.8, 4) is 11.5 Å². The van der Waals surface area contributed by atoms with E-state index in [1.54, 1.807) is 29.2 Å². The average Bonchev–Trinajstić information content (AvgIpc) is 3.49. The summed E-state index contributed by atoms with van der Waals surface area (Å²) in [5.41, 5.74) is 2.70. The quantitative estimate of drug-likeness (QED) is 0.258. The zero-order valence-corrected chi connectivity index (χ0v) is 26.8. The van der Waals surface area contributed by atoms with E-state index in [2.05, 4.69) is 17.4 Å². The molecule has 0 saturated carbocycles. The van der Waals surface area contributed by atoms with Crippen molar-refractivity contribution in [2.45, 2.75) is 50.6 Å². The lowest BCUT2D eigenvalue weighted by Crippen LogP contribution is -2.51. The van der Waals surface area contributed by atoms with E-state index in [1.165, 1.54) is 24.8 Å². The molecule has 0 bridgehead atoms. The van der Waals surface area contributed by atoms with Gasteiger partial charge in [-0.05, 0) is 60.1 Å². The highest BCUT2D eigenvalue weighted by Crippen LogP contribution is 2.33. The summed E-state index contributed by atoms with van der Waals surface area (Å²) in [7, 11) is 1.36. The number of methoxy groups -OCH3 is 1. The molecule has 6 rings (SSSR count). The Hall–Kier alpha value is -4.83. The summed E-state index contributed by atoms with van der Waals surface area (Å²) >= 11 is 6.09. The Bertz CT molecular complexity index is 1870. The third kappa shape index (κ3) is 7.12. The lowest BCUT2D eigenvalue weighted by molar-refractivity contribution is -0.134. The SMILES string of the molecule is COc1cc2oc(C(=O)N[C@@H](Cc3ccc(Cl)cc3)C(=O)N3CCC(c4ccccc4CN4CCCC4=O)CC3)cc(=O)c2cc1O. The zero-order chi connectivity index (χ0) is 33.1. The number of rotatable bonds is 9. The van der Waals surface area contributed by atoms with Gasteiger partial charge in [-0.25, -0.2) is 0 Å². The minimum Gasteiger partial charge on any atom is -0.504 e. The van der Waals surface area contributed by atoms with Crippen LogP contribution in [0.15, 0.2) is 75.9 Å². The Morgan fingerprint density at radius 3 is 2.49 bits per heavy atom. The van der Waals surface area contributed by atoms with Gasteiger partial charge in [-0.15, -0.1) is 0 Å². The van der Waals surface area contributed by atoms with Crippen LogP contribution in [0.5, 0.6) is 11.5 Å². The van der Waals surface area contributed by atoms with E-state index in [1.807, 2.05) is 17.0 Å². The molecule has 2 saturated heterocycles. The van der Waals surface area contributed by atoms with Gasteiger partial charge in [0.15, 0.2) is 22.7 Å². The van der Waals surface area contributed by atoms with Crippen LogP contribution in [0, 0.1) is 0 Å². The predicted molar refractivity (Wildman–Crippen MR) is 177 cm³/mol. The first-order chi connectivity index (χ1) is 22.7. The highest BCUT2D eigenvalue weighted by molar-refractivity contribution is 6.30. The number of aromatic hydroxyl groups is 1. The summed E-state index contributed by atoms with van der Waals surface area (Å²) in [6.07, 6.45) is 3.18. The molecule has 11 heteroatoms. The van der Waals surface area contributed by atoms with Crippen LogP contribution in [-0.4, -0.2) is 65.4 Å². The number of phenolic OH excluding ortho intramolecular Hbond substituents is 1. The van der Waals surface area contributed by atoms with Gasteiger partial charge in [-0.2, -0.15) is 0 Å². The molecule has 4 aromatic rings. The number of amides is 3. The van der Waals surface area contributed by atoms with Crippen LogP contribution in [0.4, 0.5) is 0 Å². The first-order valence-electron chi connectivity index (χ1n) is 15.7. The predicted octanol–water partition coefficient (Wildman–Crippen LogP) is 5.03. The molecule has 0 aliphatic carbocycles. The van der Waals surface area contributed by atoms with E-state index in [0.717, 1.165) is 43.0 Å². The minimum absolute atomic E-state index is 0.0642. The van der Waals surface area contributed by atoms with Gasteiger partial charge in [-0.1, -0.05) is 48.0 Å². The Morgan fingerprint density at radius 2 is 1.79 bits per heavy atom. The number of hydrogen-bond donors (Lipinski definition) is 2. The Morgan fingerprint density at radius 1 is 1.04 bits per heavy atom. The summed E-state index contributed by atoms with van der Waals surface area (Å²) in [4.78, 5) is 56.3. The van der Waals surface area contributed by atoms with E-state index in [9.17, 15) is 24.3 Å². The highest BCUT2D eigenvalue weighted by Gasteiger charge is 2.32. The molecule has 2 fully saturated rings. The van der Waals surface area contributed by atoms with E-state index in [4.69, 9.17) is 20.8 Å². The van der Waals surface area contributed by atoms with Crippen LogP contribution in [0.1, 0.15) is 58.8 Å². The number of benzene rings is 3. The number of carbonyl (C=O) groups excluding carboxylic acids is 3. The highest BCUT2D eigenvalue weighted by atomic mass is 35.5. The van der Waals surface area contributed by atoms with Crippen LogP contribution in [0.25, 0.3) is 11.0 Å². The topological polar surface area (TPSA) is 129 Å². The molecule has 3 heterocycles. The van der Waals surface area contributed by atoms with Gasteiger partial charge in [0.05, 0.1) is 12.5 Å². The number of phenols is 1. The zero-order valence-electron chi connectivity index (χ0n) is 26.0. The van der Waals surface area contributed by atoms with Crippen LogP contribution in [0.3, 0.4) is 0 Å². The van der Waals surface area contributed by atoms with Crippen molar-refractivity contribution in [1.82, 2.24) is 15.1 Å². The van der Waals surface area contributed by atoms with Crippen molar-refractivity contribution in [3.63, 3.8) is 0 Å². The molecule has 2 aliphatic rings. The number of nitrogens with zero attached hydrogens (tertiary/aromatic N) is 2. The van der Waals surface area contributed by atoms with Gasteiger partial charge in [0, 0.05) is 56.2 Å². The van der Waals surface area contributed by atoms with Crippen LogP contribution >= 0.6 is 11.6 Å². The smallest absolute Gasteiger partial charge is 0.287 e. The van der Waals surface area contributed by atoms with E-state index in [-0.39, 0.29) is 52.4 Å². The third-order valence-electron chi connectivity index (χ3n) is 9.04. The van der Waals surface area contributed by atoms with Gasteiger partial charge >= 0.3 is 0 Å². The monoisotopic (exact) mass is 657 g/mol. The molecule has 3 aromatic carbocycles. The molecule has 47 heavy (non-hydrogen) atoms. The molecule has 0 unspecified atom stereocenters. The number of hydrogen-bond acceptors (Lipinski definition) is 7. The Kier molecular flexibility index (Phi) is 9.49. The van der Waals surface area contributed by atoms with Crippen molar-refractivity contribution in [1.29, 1.82) is 0 Å². The van der Waals surface area contributed by atoms with Crippen LogP contribution < -0.4 is 15.5 Å². The normalized spacial score (nSPS) is 16.0. The fraction of sp³-hybridized carbons (Fsp3) is 0.333. The van der Waals surface area contributed by atoms with Gasteiger partial charge in [-0.3, -0.25) is 19.2 Å². The maximum Gasteiger partial charge on any atom is 0.287 e. The summed E-state index contributed by atoms with van der Waals surface area (Å²) in [5.74, 6) is -0.940. The summed E-state index contributed by atoms with van der Waals surface area (Å²) in [6.45, 7) is 2.38. The second-order valence-corrected chi connectivity index (χ2v) is 12.5. The molecule has 0 radical (unpaired) electrons. The van der Waals surface area contributed by atoms with Gasteiger partial charge < -0.3 is 29.4 Å². The standard InChI is InChI=1S/C36H36ClN3O7/c1-46-32-20-31-27(18-30(32)42)29(41)19-33(47-31)35(44)38-28(17-22-8-10-25(37)11-9-22)36(45)39-15-12-23(13-16-39)26-6-3-2-5-24(26)21-40-14-4-7-34(40)43/h2-3,5-6,8-11,18-20,23,28,42H,4,7,12-17,21H2,1H3,(H,38,44)/t28-/m0/s1. The number of carbonyl (C=O) groups is 3. The van der Waals surface area contributed by atoms with E-state index >= 15 is 0 Å². The fourth-order valence-electron chi connectivity index (χ4n) is 6.52. The first-order valence-corrected chi connectivity index (χ1v) is 16.1. The second kappa shape index (κ2) is 13.9. The molecular weight excluding hydrogens is 622 g/mol. The molecule has 0 spiro atoms. The number of nitrogens with one attached hydrogen (secondary N) is 1. The first kappa shape index (κ1) is 32.1. The maximum absolute atomic E-state index is 14.0. The van der Waals surface area contributed by atoms with E-state index in [0.29, 0.717) is 31.1 Å². The molecule has 3 amide bonds. The average molecular weight is 658 g/mol.